The molecule has 0 amide bonds. The third-order valence-electron chi connectivity index (χ3n) is 4.58. The lowest BCUT2D eigenvalue weighted by Gasteiger charge is -2.26. The van der Waals surface area contributed by atoms with Gasteiger partial charge in [0.25, 0.3) is 0 Å². The number of benzene rings is 2. The Kier molecular flexibility index (Phi) is 5.95. The van der Waals surface area contributed by atoms with E-state index in [4.69, 9.17) is 16.3 Å². The lowest BCUT2D eigenvalue weighted by atomic mass is 10.1. The van der Waals surface area contributed by atoms with Crippen molar-refractivity contribution >= 4 is 17.8 Å². The molecule has 4 nitrogen and oxygen atoms in total. The molecule has 0 aliphatic carbocycles. The summed E-state index contributed by atoms with van der Waals surface area (Å²) in [5.41, 5.74) is 1.87. The maximum atomic E-state index is 9.91. The highest BCUT2D eigenvalue weighted by Gasteiger charge is 2.23. The highest BCUT2D eigenvalue weighted by atomic mass is 35.5. The molecule has 2 aromatic carbocycles. The van der Waals surface area contributed by atoms with Gasteiger partial charge in [-0.15, -0.1) is 0 Å². The Balaban J connectivity index is 1.77. The van der Waals surface area contributed by atoms with Crippen LogP contribution in [-0.4, -0.2) is 43.0 Å². The van der Waals surface area contributed by atoms with Crippen LogP contribution in [0.5, 0.6) is 11.5 Å². The van der Waals surface area contributed by atoms with E-state index in [1.165, 1.54) is 18.4 Å². The number of hydrogen-bond donors (Lipinski definition) is 1. The molecule has 1 aliphatic heterocycles. The second kappa shape index (κ2) is 8.37. The summed E-state index contributed by atoms with van der Waals surface area (Å²) in [5, 5.41) is 10.5. The molecule has 1 atom stereocenters. The van der Waals surface area contributed by atoms with E-state index in [0.29, 0.717) is 17.1 Å². The number of aromatic hydroxyl groups is 1. The van der Waals surface area contributed by atoms with Crippen molar-refractivity contribution in [3.63, 3.8) is 0 Å². The van der Waals surface area contributed by atoms with E-state index in [1.54, 1.807) is 31.5 Å². The molecule has 1 fully saturated rings. The average molecular weight is 359 g/mol. The number of halogens is 1. The molecule has 0 bridgehead atoms. The van der Waals surface area contributed by atoms with Crippen molar-refractivity contribution < 1.29 is 9.84 Å². The summed E-state index contributed by atoms with van der Waals surface area (Å²) in [6, 6.07) is 13.4. The summed E-state index contributed by atoms with van der Waals surface area (Å²) in [5.74, 6) is 1.05. The maximum Gasteiger partial charge on any atom is 0.124 e. The minimum Gasteiger partial charge on any atom is -0.507 e. The Morgan fingerprint density at radius 3 is 2.60 bits per heavy atom. The van der Waals surface area contributed by atoms with Gasteiger partial charge in [-0.05, 0) is 61.8 Å². The first-order valence-electron chi connectivity index (χ1n) is 8.54. The number of rotatable bonds is 6. The number of phenolic OH excluding ortho intramolecular Hbond substituents is 1. The van der Waals surface area contributed by atoms with Gasteiger partial charge >= 0.3 is 0 Å². The second-order valence-corrected chi connectivity index (χ2v) is 6.67. The number of likely N-dealkylation sites (tertiary alicyclic amines) is 1. The van der Waals surface area contributed by atoms with Crippen molar-refractivity contribution in [2.24, 2.45) is 4.99 Å². The van der Waals surface area contributed by atoms with Crippen LogP contribution < -0.4 is 4.74 Å². The highest BCUT2D eigenvalue weighted by Crippen LogP contribution is 2.27. The summed E-state index contributed by atoms with van der Waals surface area (Å²) in [7, 11) is 1.68. The summed E-state index contributed by atoms with van der Waals surface area (Å²) in [4.78, 5) is 7.06. The Bertz CT molecular complexity index is 725. The lowest BCUT2D eigenvalue weighted by Crippen LogP contribution is -2.27. The Hall–Kier alpha value is -2.04. The van der Waals surface area contributed by atoms with Crippen LogP contribution in [-0.2, 0) is 0 Å². The van der Waals surface area contributed by atoms with Crippen LogP contribution in [0.4, 0.5) is 0 Å². The molecular formula is C20H23ClN2O2. The normalized spacial score (nSPS) is 16.4. The van der Waals surface area contributed by atoms with Gasteiger partial charge in [-0.2, -0.15) is 0 Å². The quantitative estimate of drug-likeness (QED) is 0.782. The number of nitrogens with zero attached hydrogens (tertiary/aromatic N) is 2. The SMILES string of the molecule is COc1ccc([C@H](CN=Cc2cc(Cl)ccc2O)N2CCCC2)cc1. The molecule has 0 spiro atoms. The first kappa shape index (κ1) is 17.8. The number of aliphatic imine (C=N–C) groups is 1. The Morgan fingerprint density at radius 1 is 1.20 bits per heavy atom. The molecule has 5 heteroatoms. The van der Waals surface area contributed by atoms with Crippen LogP contribution in [0.15, 0.2) is 47.5 Å². The fourth-order valence-corrected chi connectivity index (χ4v) is 3.37. The van der Waals surface area contributed by atoms with Crippen LogP contribution in [0.2, 0.25) is 5.02 Å². The van der Waals surface area contributed by atoms with Gasteiger partial charge in [0, 0.05) is 16.8 Å². The number of ether oxygens (including phenoxy) is 1. The fraction of sp³-hybridized carbons (Fsp3) is 0.350. The molecule has 132 valence electrons. The first-order chi connectivity index (χ1) is 12.2. The van der Waals surface area contributed by atoms with E-state index in [-0.39, 0.29) is 11.8 Å². The molecule has 1 heterocycles. The van der Waals surface area contributed by atoms with E-state index < -0.39 is 0 Å². The number of hydrogen-bond acceptors (Lipinski definition) is 4. The van der Waals surface area contributed by atoms with Crippen LogP contribution in [0.3, 0.4) is 0 Å². The van der Waals surface area contributed by atoms with E-state index in [1.807, 2.05) is 12.1 Å². The summed E-state index contributed by atoms with van der Waals surface area (Å²) >= 11 is 5.99. The molecule has 3 rings (SSSR count). The molecule has 1 saturated heterocycles. The van der Waals surface area contributed by atoms with Crippen LogP contribution in [0, 0.1) is 0 Å². The fourth-order valence-electron chi connectivity index (χ4n) is 3.19. The zero-order valence-corrected chi connectivity index (χ0v) is 15.1. The van der Waals surface area contributed by atoms with Gasteiger partial charge in [-0.3, -0.25) is 9.89 Å². The molecule has 1 aliphatic rings. The van der Waals surface area contributed by atoms with Gasteiger partial charge < -0.3 is 9.84 Å². The topological polar surface area (TPSA) is 45.1 Å². The molecule has 0 saturated carbocycles. The van der Waals surface area contributed by atoms with Crippen LogP contribution in [0.1, 0.15) is 30.0 Å². The summed E-state index contributed by atoms with van der Waals surface area (Å²) < 4.78 is 5.25. The third kappa shape index (κ3) is 4.53. The van der Waals surface area contributed by atoms with Gasteiger partial charge in [-0.1, -0.05) is 23.7 Å². The van der Waals surface area contributed by atoms with Crippen molar-refractivity contribution in [3.05, 3.63) is 58.6 Å². The van der Waals surface area contributed by atoms with Crippen LogP contribution in [0.25, 0.3) is 0 Å². The number of phenols is 1. The van der Waals surface area contributed by atoms with Gasteiger partial charge in [-0.25, -0.2) is 0 Å². The van der Waals surface area contributed by atoms with Crippen molar-refractivity contribution in [2.75, 3.05) is 26.7 Å². The predicted octanol–water partition coefficient (Wildman–Crippen LogP) is 4.31. The van der Waals surface area contributed by atoms with Crippen molar-refractivity contribution in [1.82, 2.24) is 4.90 Å². The van der Waals surface area contributed by atoms with Crippen molar-refractivity contribution in [1.29, 1.82) is 0 Å². The minimum atomic E-state index is 0.190. The molecule has 0 radical (unpaired) electrons. The maximum absolute atomic E-state index is 9.91. The smallest absolute Gasteiger partial charge is 0.124 e. The minimum absolute atomic E-state index is 0.190. The lowest BCUT2D eigenvalue weighted by molar-refractivity contribution is 0.252. The summed E-state index contributed by atoms with van der Waals surface area (Å²) in [6.45, 7) is 2.82. The molecule has 2 aromatic rings. The molecule has 0 aromatic heterocycles. The molecule has 0 unspecified atom stereocenters. The van der Waals surface area contributed by atoms with Crippen molar-refractivity contribution in [3.8, 4) is 11.5 Å². The second-order valence-electron chi connectivity index (χ2n) is 6.23. The van der Waals surface area contributed by atoms with E-state index in [2.05, 4.69) is 22.0 Å². The zero-order valence-electron chi connectivity index (χ0n) is 14.4. The Morgan fingerprint density at radius 2 is 1.92 bits per heavy atom. The van der Waals surface area contributed by atoms with E-state index in [9.17, 15) is 5.11 Å². The van der Waals surface area contributed by atoms with Gasteiger partial charge in [0.1, 0.15) is 11.5 Å². The molecular weight excluding hydrogens is 336 g/mol. The Labute approximate surface area is 153 Å². The van der Waals surface area contributed by atoms with E-state index in [0.717, 1.165) is 18.8 Å². The average Bonchev–Trinajstić information content (AvgIpc) is 3.16. The third-order valence-corrected chi connectivity index (χ3v) is 4.82. The van der Waals surface area contributed by atoms with Gasteiger partial charge in [0.2, 0.25) is 0 Å². The molecule has 25 heavy (non-hydrogen) atoms. The first-order valence-corrected chi connectivity index (χ1v) is 8.91. The van der Waals surface area contributed by atoms with Crippen molar-refractivity contribution in [2.45, 2.75) is 18.9 Å². The zero-order chi connectivity index (χ0) is 17.6. The summed E-state index contributed by atoms with van der Waals surface area (Å²) in [6.07, 6.45) is 4.16. The molecule has 1 N–H and O–H groups in total. The number of methoxy groups -OCH3 is 1. The largest absolute Gasteiger partial charge is 0.507 e. The predicted molar refractivity (Wildman–Crippen MR) is 102 cm³/mol. The highest BCUT2D eigenvalue weighted by molar-refractivity contribution is 6.30. The monoisotopic (exact) mass is 358 g/mol. The van der Waals surface area contributed by atoms with Gasteiger partial charge in [0.05, 0.1) is 19.7 Å². The van der Waals surface area contributed by atoms with Gasteiger partial charge in [0.15, 0.2) is 0 Å². The standard InChI is InChI=1S/C20H23ClN2O2/c1-25-18-7-4-15(5-8-18)19(23-10-2-3-11-23)14-22-13-16-12-17(21)6-9-20(16)24/h4-9,12-13,19,24H,2-3,10-11,14H2,1H3/t19-/m0/s1. The van der Waals surface area contributed by atoms with Crippen LogP contribution >= 0.6 is 11.6 Å². The van der Waals surface area contributed by atoms with E-state index >= 15 is 0 Å².